The molecule has 0 spiro atoms. The van der Waals surface area contributed by atoms with Gasteiger partial charge in [0.25, 0.3) is 0 Å². The second kappa shape index (κ2) is 4.31. The van der Waals surface area contributed by atoms with Crippen molar-refractivity contribution in [3.05, 3.63) is 0 Å². The van der Waals surface area contributed by atoms with Crippen molar-refractivity contribution in [1.29, 1.82) is 0 Å². The van der Waals surface area contributed by atoms with Crippen molar-refractivity contribution in [3.63, 3.8) is 0 Å². The van der Waals surface area contributed by atoms with Gasteiger partial charge in [-0.15, -0.1) is 0 Å². The number of ether oxygens (including phenoxy) is 2. The molecule has 1 saturated heterocycles. The van der Waals surface area contributed by atoms with Crippen LogP contribution in [0.25, 0.3) is 0 Å². The van der Waals surface area contributed by atoms with Crippen molar-refractivity contribution in [2.75, 3.05) is 0 Å². The first-order valence-electron chi connectivity index (χ1n) is 6.08. The number of carbonyl (C=O) groups is 2. The van der Waals surface area contributed by atoms with Gasteiger partial charge in [0.1, 0.15) is 11.5 Å². The normalized spacial score (nSPS) is 30.2. The molecule has 1 aliphatic rings. The highest BCUT2D eigenvalue weighted by Gasteiger charge is 2.61. The van der Waals surface area contributed by atoms with E-state index in [-0.39, 0.29) is 17.8 Å². The molecule has 0 saturated carbocycles. The van der Waals surface area contributed by atoms with E-state index in [0.717, 1.165) is 6.42 Å². The lowest BCUT2D eigenvalue weighted by molar-refractivity contribution is -0.232. The van der Waals surface area contributed by atoms with E-state index in [1.165, 1.54) is 0 Å². The second-order valence-corrected chi connectivity index (χ2v) is 5.89. The first-order chi connectivity index (χ1) is 7.62. The fourth-order valence-corrected chi connectivity index (χ4v) is 2.06. The van der Waals surface area contributed by atoms with Gasteiger partial charge in [-0.05, 0) is 33.6 Å². The number of cyclic esters (lactones) is 1. The van der Waals surface area contributed by atoms with E-state index in [2.05, 4.69) is 0 Å². The van der Waals surface area contributed by atoms with Gasteiger partial charge in [0.05, 0.1) is 0 Å². The smallest absolute Gasteiger partial charge is 0.351 e. The van der Waals surface area contributed by atoms with Gasteiger partial charge >= 0.3 is 11.9 Å². The summed E-state index contributed by atoms with van der Waals surface area (Å²) in [5.74, 6) is -1.02. The molecule has 0 N–H and O–H groups in total. The standard InChI is InChI=1S/C13H22O4/c1-7-8(2)9-10(14)16-13(9,6)11(15)17-12(3,4)5/h8-9H,7H2,1-6H3/t8-,9-,13-/m0/s1. The summed E-state index contributed by atoms with van der Waals surface area (Å²) in [6, 6.07) is 0. The summed E-state index contributed by atoms with van der Waals surface area (Å²) in [6.45, 7) is 11.0. The number of esters is 2. The largest absolute Gasteiger partial charge is 0.457 e. The summed E-state index contributed by atoms with van der Waals surface area (Å²) in [5, 5.41) is 0. The molecule has 0 aromatic rings. The van der Waals surface area contributed by atoms with Crippen LogP contribution in [-0.2, 0) is 19.1 Å². The van der Waals surface area contributed by atoms with Gasteiger partial charge in [0, 0.05) is 0 Å². The fraction of sp³-hybridized carbons (Fsp3) is 0.846. The molecule has 3 atom stereocenters. The van der Waals surface area contributed by atoms with Gasteiger partial charge in [-0.1, -0.05) is 20.3 Å². The number of carbonyl (C=O) groups excluding carboxylic acids is 2. The van der Waals surface area contributed by atoms with Gasteiger partial charge in [0.15, 0.2) is 0 Å². The Hall–Kier alpha value is -1.06. The van der Waals surface area contributed by atoms with E-state index >= 15 is 0 Å². The predicted octanol–water partition coefficient (Wildman–Crippen LogP) is 2.31. The van der Waals surface area contributed by atoms with E-state index in [9.17, 15) is 9.59 Å². The Morgan fingerprint density at radius 3 is 2.41 bits per heavy atom. The molecule has 17 heavy (non-hydrogen) atoms. The first kappa shape index (κ1) is 14.0. The van der Waals surface area contributed by atoms with Crippen molar-refractivity contribution in [1.82, 2.24) is 0 Å². The zero-order valence-electron chi connectivity index (χ0n) is 11.5. The molecule has 1 aliphatic heterocycles. The third-order valence-corrected chi connectivity index (χ3v) is 3.18. The average molecular weight is 242 g/mol. The Bertz CT molecular complexity index is 329. The maximum atomic E-state index is 12.0. The zero-order valence-corrected chi connectivity index (χ0v) is 11.5. The maximum absolute atomic E-state index is 12.0. The van der Waals surface area contributed by atoms with Crippen molar-refractivity contribution in [2.24, 2.45) is 11.8 Å². The molecule has 0 unspecified atom stereocenters. The molecule has 1 fully saturated rings. The van der Waals surface area contributed by atoms with E-state index < -0.39 is 17.2 Å². The molecule has 1 heterocycles. The molecule has 0 radical (unpaired) electrons. The summed E-state index contributed by atoms with van der Waals surface area (Å²) in [5.41, 5.74) is -1.68. The highest BCUT2D eigenvalue weighted by atomic mass is 16.6. The average Bonchev–Trinajstić information content (AvgIpc) is 2.13. The maximum Gasteiger partial charge on any atom is 0.351 e. The number of hydrogen-bond donors (Lipinski definition) is 0. The fourth-order valence-electron chi connectivity index (χ4n) is 2.06. The molecule has 4 heteroatoms. The number of hydrogen-bond acceptors (Lipinski definition) is 4. The van der Waals surface area contributed by atoms with Crippen molar-refractivity contribution in [2.45, 2.75) is 59.2 Å². The summed E-state index contributed by atoms with van der Waals surface area (Å²) < 4.78 is 10.4. The third kappa shape index (κ3) is 2.61. The van der Waals surface area contributed by atoms with Gasteiger partial charge in [-0.2, -0.15) is 0 Å². The van der Waals surface area contributed by atoms with Crippen LogP contribution in [0.1, 0.15) is 48.0 Å². The minimum Gasteiger partial charge on any atom is -0.457 e. The highest BCUT2D eigenvalue weighted by Crippen LogP contribution is 2.42. The summed E-state index contributed by atoms with van der Waals surface area (Å²) in [7, 11) is 0. The van der Waals surface area contributed by atoms with Crippen molar-refractivity contribution < 1.29 is 19.1 Å². The van der Waals surface area contributed by atoms with E-state index in [0.29, 0.717) is 0 Å². The second-order valence-electron chi connectivity index (χ2n) is 5.89. The van der Waals surface area contributed by atoms with Gasteiger partial charge in [0.2, 0.25) is 5.60 Å². The molecular weight excluding hydrogens is 220 g/mol. The zero-order chi connectivity index (χ0) is 13.4. The van der Waals surface area contributed by atoms with Crippen LogP contribution in [-0.4, -0.2) is 23.1 Å². The molecule has 1 rings (SSSR count). The van der Waals surface area contributed by atoms with Crippen LogP contribution >= 0.6 is 0 Å². The summed E-state index contributed by atoms with van der Waals surface area (Å²) in [6.07, 6.45) is 0.832. The summed E-state index contributed by atoms with van der Waals surface area (Å²) >= 11 is 0. The molecule has 98 valence electrons. The monoisotopic (exact) mass is 242 g/mol. The lowest BCUT2D eigenvalue weighted by atomic mass is 9.74. The van der Waals surface area contributed by atoms with Gasteiger partial charge < -0.3 is 9.47 Å². The van der Waals surface area contributed by atoms with Crippen molar-refractivity contribution in [3.8, 4) is 0 Å². The number of rotatable bonds is 3. The van der Waals surface area contributed by atoms with Crippen LogP contribution in [0.5, 0.6) is 0 Å². The van der Waals surface area contributed by atoms with E-state index in [1.807, 2.05) is 13.8 Å². The van der Waals surface area contributed by atoms with Gasteiger partial charge in [-0.3, -0.25) is 4.79 Å². The first-order valence-corrected chi connectivity index (χ1v) is 6.08. The summed E-state index contributed by atoms with van der Waals surface area (Å²) in [4.78, 5) is 23.5. The molecule has 0 amide bonds. The van der Waals surface area contributed by atoms with Gasteiger partial charge in [-0.25, -0.2) is 4.79 Å². The van der Waals surface area contributed by atoms with Crippen LogP contribution in [0.3, 0.4) is 0 Å². The van der Waals surface area contributed by atoms with Crippen LogP contribution < -0.4 is 0 Å². The van der Waals surface area contributed by atoms with Crippen LogP contribution in [0.2, 0.25) is 0 Å². The molecule has 0 aromatic heterocycles. The predicted molar refractivity (Wildman–Crippen MR) is 63.3 cm³/mol. The Morgan fingerprint density at radius 2 is 2.06 bits per heavy atom. The molecule has 0 bridgehead atoms. The van der Waals surface area contributed by atoms with Crippen LogP contribution in [0.4, 0.5) is 0 Å². The van der Waals surface area contributed by atoms with Crippen LogP contribution in [0.15, 0.2) is 0 Å². The quantitative estimate of drug-likeness (QED) is 0.713. The minimum absolute atomic E-state index is 0.119. The Balaban J connectivity index is 2.82. The molecule has 4 nitrogen and oxygen atoms in total. The lowest BCUT2D eigenvalue weighted by Crippen LogP contribution is -2.63. The Kier molecular flexibility index (Phi) is 3.55. The molecule has 0 aromatic carbocycles. The van der Waals surface area contributed by atoms with Crippen LogP contribution in [0, 0.1) is 11.8 Å². The highest BCUT2D eigenvalue weighted by molar-refractivity contribution is 5.95. The Morgan fingerprint density at radius 1 is 1.53 bits per heavy atom. The van der Waals surface area contributed by atoms with E-state index in [1.54, 1.807) is 27.7 Å². The topological polar surface area (TPSA) is 52.6 Å². The Labute approximate surface area is 103 Å². The van der Waals surface area contributed by atoms with E-state index in [4.69, 9.17) is 9.47 Å². The minimum atomic E-state index is -1.11. The third-order valence-electron chi connectivity index (χ3n) is 3.18. The lowest BCUT2D eigenvalue weighted by Gasteiger charge is -2.46. The molecule has 0 aliphatic carbocycles. The SMILES string of the molecule is CC[C@H](C)[C@H]1C(=O)O[C@]1(C)C(=O)OC(C)(C)C. The molecular formula is C13H22O4. The van der Waals surface area contributed by atoms with Crippen molar-refractivity contribution >= 4 is 11.9 Å².